The molecule has 1 aromatic rings. The van der Waals surface area contributed by atoms with E-state index in [1.165, 1.54) is 20.4 Å². The van der Waals surface area contributed by atoms with Crippen molar-refractivity contribution in [1.82, 2.24) is 5.43 Å². The Balaban J connectivity index is 2.85. The van der Waals surface area contributed by atoms with E-state index in [4.69, 9.17) is 14.2 Å². The van der Waals surface area contributed by atoms with E-state index in [1.807, 2.05) is 6.92 Å². The number of rotatable bonds is 8. The highest BCUT2D eigenvalue weighted by atomic mass is 16.5. The number of methoxy groups -OCH3 is 3. The van der Waals surface area contributed by atoms with Gasteiger partial charge in [-0.3, -0.25) is 4.79 Å². The van der Waals surface area contributed by atoms with Gasteiger partial charge in [-0.2, -0.15) is 5.10 Å². The molecule has 0 aliphatic heterocycles. The van der Waals surface area contributed by atoms with Crippen LogP contribution in [0, 0.1) is 0 Å². The minimum absolute atomic E-state index is 0.104. The number of carbonyl (C=O) groups excluding carboxylic acids is 1. The number of benzene rings is 1. The van der Waals surface area contributed by atoms with Crippen LogP contribution in [0.4, 0.5) is 0 Å². The van der Waals surface area contributed by atoms with Crippen LogP contribution in [-0.2, 0) is 4.79 Å². The molecule has 1 aromatic carbocycles. The van der Waals surface area contributed by atoms with E-state index < -0.39 is 0 Å². The number of hydrazone groups is 1. The zero-order valence-electron chi connectivity index (χ0n) is 12.9. The minimum Gasteiger partial charge on any atom is -0.493 e. The van der Waals surface area contributed by atoms with Gasteiger partial charge in [0.1, 0.15) is 0 Å². The Hall–Kier alpha value is -2.24. The lowest BCUT2D eigenvalue weighted by atomic mass is 10.2. The molecule has 0 aliphatic rings. The van der Waals surface area contributed by atoms with Crippen LogP contribution in [0.2, 0.25) is 0 Å². The monoisotopic (exact) mass is 294 g/mol. The number of hydrogen-bond acceptors (Lipinski definition) is 5. The van der Waals surface area contributed by atoms with Gasteiger partial charge in [-0.25, -0.2) is 5.43 Å². The Bertz CT molecular complexity index is 501. The first-order valence-electron chi connectivity index (χ1n) is 6.78. The van der Waals surface area contributed by atoms with E-state index >= 15 is 0 Å². The van der Waals surface area contributed by atoms with Gasteiger partial charge < -0.3 is 14.2 Å². The van der Waals surface area contributed by atoms with Crippen LogP contribution < -0.4 is 19.6 Å². The van der Waals surface area contributed by atoms with E-state index in [0.29, 0.717) is 29.2 Å². The number of hydrogen-bond donors (Lipinski definition) is 1. The smallest absolute Gasteiger partial charge is 0.240 e. The van der Waals surface area contributed by atoms with Gasteiger partial charge in [-0.1, -0.05) is 13.3 Å². The molecule has 0 saturated heterocycles. The van der Waals surface area contributed by atoms with E-state index in [0.717, 1.165) is 12.8 Å². The summed E-state index contributed by atoms with van der Waals surface area (Å²) in [6, 6.07) is 3.53. The molecule has 0 unspecified atom stereocenters. The number of carbonyl (C=O) groups is 1. The zero-order chi connectivity index (χ0) is 15.7. The summed E-state index contributed by atoms with van der Waals surface area (Å²) >= 11 is 0. The van der Waals surface area contributed by atoms with E-state index in [-0.39, 0.29) is 5.91 Å². The summed E-state index contributed by atoms with van der Waals surface area (Å²) in [7, 11) is 4.63. The Morgan fingerprint density at radius 1 is 1.19 bits per heavy atom. The van der Waals surface area contributed by atoms with Crippen molar-refractivity contribution in [2.24, 2.45) is 5.10 Å². The number of nitrogens with zero attached hydrogens (tertiary/aromatic N) is 1. The molecule has 0 heterocycles. The Labute approximate surface area is 125 Å². The maximum atomic E-state index is 11.5. The fourth-order valence-electron chi connectivity index (χ4n) is 1.79. The summed E-state index contributed by atoms with van der Waals surface area (Å²) < 4.78 is 15.8. The quantitative estimate of drug-likeness (QED) is 0.590. The van der Waals surface area contributed by atoms with Crippen LogP contribution >= 0.6 is 0 Å². The number of amides is 1. The van der Waals surface area contributed by atoms with Crippen LogP contribution in [0.25, 0.3) is 0 Å². The number of unbranched alkanes of at least 4 members (excludes halogenated alkanes) is 1. The highest BCUT2D eigenvalue weighted by molar-refractivity contribution is 5.87. The molecule has 0 spiro atoms. The van der Waals surface area contributed by atoms with Crippen LogP contribution in [0.5, 0.6) is 17.2 Å². The average molecular weight is 294 g/mol. The van der Waals surface area contributed by atoms with Gasteiger partial charge >= 0.3 is 0 Å². The van der Waals surface area contributed by atoms with E-state index in [9.17, 15) is 4.79 Å². The first kappa shape index (κ1) is 16.8. The standard InChI is InChI=1S/C15H22N2O4/c1-5-6-7-13(18)17-16-10-11-8-9-12(19-2)15(21-4)14(11)20-3/h8-10H,5-7H2,1-4H3,(H,17,18). The molecule has 1 N–H and O–H groups in total. The van der Waals surface area contributed by atoms with Crippen LogP contribution in [0.3, 0.4) is 0 Å². The highest BCUT2D eigenvalue weighted by Gasteiger charge is 2.14. The van der Waals surface area contributed by atoms with Crippen molar-refractivity contribution in [3.05, 3.63) is 17.7 Å². The number of nitrogens with one attached hydrogen (secondary N) is 1. The highest BCUT2D eigenvalue weighted by Crippen LogP contribution is 2.38. The number of ether oxygens (including phenoxy) is 3. The lowest BCUT2D eigenvalue weighted by Gasteiger charge is -2.13. The normalized spacial score (nSPS) is 10.5. The summed E-state index contributed by atoms with van der Waals surface area (Å²) in [6.45, 7) is 2.03. The third-order valence-corrected chi connectivity index (χ3v) is 2.88. The Kier molecular flexibility index (Phi) is 7.08. The Morgan fingerprint density at radius 3 is 2.48 bits per heavy atom. The van der Waals surface area contributed by atoms with Crippen LogP contribution in [0.1, 0.15) is 31.7 Å². The van der Waals surface area contributed by atoms with Crippen molar-refractivity contribution < 1.29 is 19.0 Å². The molecule has 1 rings (SSSR count). The van der Waals surface area contributed by atoms with Crippen molar-refractivity contribution in [2.75, 3.05) is 21.3 Å². The molecule has 0 fully saturated rings. The molecule has 0 radical (unpaired) electrons. The second kappa shape index (κ2) is 8.84. The second-order valence-corrected chi connectivity index (χ2v) is 4.32. The summed E-state index contributed by atoms with van der Waals surface area (Å²) in [5.41, 5.74) is 3.17. The summed E-state index contributed by atoms with van der Waals surface area (Å²) in [5.74, 6) is 1.45. The summed E-state index contributed by atoms with van der Waals surface area (Å²) in [4.78, 5) is 11.5. The molecule has 1 amide bonds. The predicted molar refractivity (Wildman–Crippen MR) is 81.4 cm³/mol. The molecule has 116 valence electrons. The molecular formula is C15H22N2O4. The molecule has 6 heteroatoms. The third kappa shape index (κ3) is 4.66. The largest absolute Gasteiger partial charge is 0.493 e. The lowest BCUT2D eigenvalue weighted by molar-refractivity contribution is -0.121. The van der Waals surface area contributed by atoms with Gasteiger partial charge in [0, 0.05) is 12.0 Å². The molecule has 0 aromatic heterocycles. The van der Waals surface area contributed by atoms with Crippen LogP contribution in [-0.4, -0.2) is 33.5 Å². The van der Waals surface area contributed by atoms with Crippen molar-refractivity contribution in [1.29, 1.82) is 0 Å². The van der Waals surface area contributed by atoms with Gasteiger partial charge in [0.2, 0.25) is 11.7 Å². The van der Waals surface area contributed by atoms with Crippen molar-refractivity contribution in [3.63, 3.8) is 0 Å². The average Bonchev–Trinajstić information content (AvgIpc) is 2.51. The molecular weight excluding hydrogens is 272 g/mol. The lowest BCUT2D eigenvalue weighted by Crippen LogP contribution is -2.16. The molecule has 0 saturated carbocycles. The van der Waals surface area contributed by atoms with E-state index in [1.54, 1.807) is 19.2 Å². The molecule has 21 heavy (non-hydrogen) atoms. The van der Waals surface area contributed by atoms with Crippen molar-refractivity contribution in [3.8, 4) is 17.2 Å². The van der Waals surface area contributed by atoms with Crippen molar-refractivity contribution in [2.45, 2.75) is 26.2 Å². The summed E-state index contributed by atoms with van der Waals surface area (Å²) in [6.07, 6.45) is 3.81. The first-order valence-corrected chi connectivity index (χ1v) is 6.78. The van der Waals surface area contributed by atoms with Gasteiger partial charge in [0.05, 0.1) is 27.5 Å². The third-order valence-electron chi connectivity index (χ3n) is 2.88. The second-order valence-electron chi connectivity index (χ2n) is 4.32. The summed E-state index contributed by atoms with van der Waals surface area (Å²) in [5, 5.41) is 3.93. The minimum atomic E-state index is -0.104. The van der Waals surface area contributed by atoms with Gasteiger partial charge in [-0.05, 0) is 18.6 Å². The zero-order valence-corrected chi connectivity index (χ0v) is 12.9. The predicted octanol–water partition coefficient (Wildman–Crippen LogP) is 2.35. The SMILES string of the molecule is CCCCC(=O)NN=Cc1ccc(OC)c(OC)c1OC. The maximum absolute atomic E-state index is 11.5. The van der Waals surface area contributed by atoms with Gasteiger partial charge in [0.15, 0.2) is 11.5 Å². The first-order chi connectivity index (χ1) is 10.2. The van der Waals surface area contributed by atoms with Gasteiger partial charge in [-0.15, -0.1) is 0 Å². The molecule has 0 aliphatic carbocycles. The molecule has 0 bridgehead atoms. The maximum Gasteiger partial charge on any atom is 0.240 e. The Morgan fingerprint density at radius 2 is 1.90 bits per heavy atom. The van der Waals surface area contributed by atoms with E-state index in [2.05, 4.69) is 10.5 Å². The van der Waals surface area contributed by atoms with Gasteiger partial charge in [0.25, 0.3) is 0 Å². The molecule has 6 nitrogen and oxygen atoms in total. The topological polar surface area (TPSA) is 69.2 Å². The van der Waals surface area contributed by atoms with Crippen LogP contribution in [0.15, 0.2) is 17.2 Å². The molecule has 0 atom stereocenters. The fourth-order valence-corrected chi connectivity index (χ4v) is 1.79. The van der Waals surface area contributed by atoms with Crippen molar-refractivity contribution >= 4 is 12.1 Å². The fraction of sp³-hybridized carbons (Fsp3) is 0.467.